The van der Waals surface area contributed by atoms with Gasteiger partial charge < -0.3 is 9.73 Å². The Kier molecular flexibility index (Phi) is 4.07. The Morgan fingerprint density at radius 1 is 1.16 bits per heavy atom. The highest BCUT2D eigenvalue weighted by Gasteiger charge is 2.16. The van der Waals surface area contributed by atoms with Crippen molar-refractivity contribution in [2.45, 2.75) is 25.9 Å². The van der Waals surface area contributed by atoms with Gasteiger partial charge in [0, 0.05) is 13.5 Å². The Bertz CT molecular complexity index is 950. The van der Waals surface area contributed by atoms with Crippen molar-refractivity contribution < 1.29 is 4.42 Å². The summed E-state index contributed by atoms with van der Waals surface area (Å²) in [5.74, 6) is 1.23. The number of benzene rings is 1. The van der Waals surface area contributed by atoms with Crippen molar-refractivity contribution in [3.63, 3.8) is 0 Å². The normalized spacial score (nSPS) is 12.4. The highest BCUT2D eigenvalue weighted by atomic mass is 16.4. The summed E-state index contributed by atoms with van der Waals surface area (Å²) >= 11 is 0. The third kappa shape index (κ3) is 3.32. The molecule has 0 aliphatic carbocycles. The number of aromatic nitrogens is 6. The zero-order chi connectivity index (χ0) is 17.1. The molecule has 0 spiro atoms. The van der Waals surface area contributed by atoms with Crippen LogP contribution in [0.1, 0.15) is 23.9 Å². The van der Waals surface area contributed by atoms with Gasteiger partial charge in [-0.15, -0.1) is 0 Å². The fraction of sp³-hybridized carbons (Fsp3) is 0.235. The van der Waals surface area contributed by atoms with E-state index in [4.69, 9.17) is 4.42 Å². The number of hydrogen-bond donors (Lipinski definition) is 1. The van der Waals surface area contributed by atoms with E-state index in [9.17, 15) is 0 Å². The topological polar surface area (TPSA) is 94.6 Å². The van der Waals surface area contributed by atoms with Crippen LogP contribution in [-0.4, -0.2) is 29.7 Å². The Morgan fingerprint density at radius 2 is 2.04 bits per heavy atom. The van der Waals surface area contributed by atoms with Crippen LogP contribution >= 0.6 is 0 Å². The molecule has 1 atom stereocenters. The summed E-state index contributed by atoms with van der Waals surface area (Å²) in [7, 11) is 0. The second kappa shape index (κ2) is 6.68. The molecule has 0 radical (unpaired) electrons. The van der Waals surface area contributed by atoms with E-state index >= 15 is 0 Å². The second-order valence-electron chi connectivity index (χ2n) is 5.66. The van der Waals surface area contributed by atoms with Crippen molar-refractivity contribution in [1.82, 2.24) is 29.7 Å². The van der Waals surface area contributed by atoms with Gasteiger partial charge in [-0.3, -0.25) is 4.68 Å². The van der Waals surface area contributed by atoms with E-state index in [1.807, 2.05) is 22.9 Å². The number of anilines is 1. The summed E-state index contributed by atoms with van der Waals surface area (Å²) < 4.78 is 7.30. The van der Waals surface area contributed by atoms with Crippen LogP contribution in [0.5, 0.6) is 0 Å². The number of rotatable bonds is 6. The van der Waals surface area contributed by atoms with Crippen LogP contribution in [0.4, 0.5) is 5.82 Å². The van der Waals surface area contributed by atoms with Crippen LogP contribution in [-0.2, 0) is 6.54 Å². The lowest BCUT2D eigenvalue weighted by Crippen LogP contribution is -2.15. The third-order valence-corrected chi connectivity index (χ3v) is 3.93. The van der Waals surface area contributed by atoms with Crippen LogP contribution in [0.15, 0.2) is 53.7 Å². The minimum Gasteiger partial charge on any atom is -0.422 e. The molecule has 0 aliphatic heterocycles. The number of aryl methyl sites for hydroxylation is 2. The lowest BCUT2D eigenvalue weighted by molar-refractivity contribution is 0.537. The first-order chi connectivity index (χ1) is 12.3. The molecule has 0 amide bonds. The van der Waals surface area contributed by atoms with E-state index in [2.05, 4.69) is 42.5 Å². The Labute approximate surface area is 144 Å². The van der Waals surface area contributed by atoms with Gasteiger partial charge in [0.15, 0.2) is 17.2 Å². The van der Waals surface area contributed by atoms with Gasteiger partial charge in [-0.2, -0.15) is 10.1 Å². The molecule has 0 aliphatic rings. The fourth-order valence-electron chi connectivity index (χ4n) is 2.75. The number of fused-ring (bicyclic) bond motifs is 1. The largest absolute Gasteiger partial charge is 0.422 e. The molecule has 4 aromatic rings. The van der Waals surface area contributed by atoms with E-state index in [1.54, 1.807) is 13.3 Å². The maximum Gasteiger partial charge on any atom is 0.252 e. The minimum atomic E-state index is 0.0421. The zero-order valence-electron chi connectivity index (χ0n) is 13.7. The molecule has 0 saturated heterocycles. The maximum absolute atomic E-state index is 5.49. The maximum atomic E-state index is 5.49. The van der Waals surface area contributed by atoms with E-state index in [0.717, 1.165) is 18.5 Å². The first-order valence-corrected chi connectivity index (χ1v) is 8.01. The predicted octanol–water partition coefficient (Wildman–Crippen LogP) is 2.76. The molecular weight excluding hydrogens is 318 g/mol. The Hall–Kier alpha value is -3.29. The van der Waals surface area contributed by atoms with Crippen LogP contribution in [0.2, 0.25) is 0 Å². The molecule has 0 bridgehead atoms. The molecule has 3 aromatic heterocycles. The standard InChI is InChI=1S/C17H17N7O/c1-12-22-15-16(19-10-20-17(15)25-12)23-14(13-5-3-2-4-6-13)7-8-24-11-18-9-21-24/h2-6,9-11,14H,7-8H2,1H3,(H,19,20,23)/t14-/m1/s1. The van der Waals surface area contributed by atoms with Gasteiger partial charge in [0.2, 0.25) is 0 Å². The minimum absolute atomic E-state index is 0.0421. The molecule has 0 saturated carbocycles. The van der Waals surface area contributed by atoms with E-state index < -0.39 is 0 Å². The number of oxazole rings is 1. The van der Waals surface area contributed by atoms with Crippen molar-refractivity contribution in [3.05, 3.63) is 60.8 Å². The van der Waals surface area contributed by atoms with Crippen LogP contribution in [0.3, 0.4) is 0 Å². The second-order valence-corrected chi connectivity index (χ2v) is 5.66. The average Bonchev–Trinajstić information content (AvgIpc) is 3.28. The van der Waals surface area contributed by atoms with E-state index in [-0.39, 0.29) is 6.04 Å². The van der Waals surface area contributed by atoms with Gasteiger partial charge >= 0.3 is 0 Å². The summed E-state index contributed by atoms with van der Waals surface area (Å²) in [4.78, 5) is 16.9. The molecule has 3 heterocycles. The Morgan fingerprint density at radius 3 is 2.84 bits per heavy atom. The molecule has 1 N–H and O–H groups in total. The first kappa shape index (κ1) is 15.3. The van der Waals surface area contributed by atoms with Gasteiger partial charge in [-0.05, 0) is 12.0 Å². The van der Waals surface area contributed by atoms with Crippen molar-refractivity contribution in [1.29, 1.82) is 0 Å². The van der Waals surface area contributed by atoms with E-state index in [1.165, 1.54) is 12.7 Å². The monoisotopic (exact) mass is 335 g/mol. The molecular formula is C17H17N7O. The lowest BCUT2D eigenvalue weighted by Gasteiger charge is -2.19. The van der Waals surface area contributed by atoms with E-state index in [0.29, 0.717) is 22.9 Å². The fourth-order valence-corrected chi connectivity index (χ4v) is 2.75. The summed E-state index contributed by atoms with van der Waals surface area (Å²) in [5.41, 5.74) is 2.29. The number of nitrogens with zero attached hydrogens (tertiary/aromatic N) is 6. The summed E-state index contributed by atoms with van der Waals surface area (Å²) in [6.07, 6.45) is 5.55. The summed E-state index contributed by atoms with van der Waals surface area (Å²) in [5, 5.41) is 7.65. The smallest absolute Gasteiger partial charge is 0.252 e. The number of hydrogen-bond acceptors (Lipinski definition) is 7. The SMILES string of the molecule is Cc1nc2c(N[C@H](CCn3cncn3)c3ccccc3)ncnc2o1. The zero-order valence-corrected chi connectivity index (χ0v) is 13.7. The third-order valence-electron chi connectivity index (χ3n) is 3.93. The molecule has 4 rings (SSSR count). The van der Waals surface area contributed by atoms with Crippen molar-refractivity contribution in [3.8, 4) is 0 Å². The first-order valence-electron chi connectivity index (χ1n) is 8.01. The van der Waals surface area contributed by atoms with Gasteiger partial charge in [0.05, 0.1) is 6.04 Å². The highest BCUT2D eigenvalue weighted by molar-refractivity contribution is 5.81. The summed E-state index contributed by atoms with van der Waals surface area (Å²) in [6.45, 7) is 2.53. The summed E-state index contributed by atoms with van der Waals surface area (Å²) in [6, 6.07) is 10.3. The lowest BCUT2D eigenvalue weighted by atomic mass is 10.0. The molecule has 126 valence electrons. The number of nitrogens with one attached hydrogen (secondary N) is 1. The predicted molar refractivity (Wildman–Crippen MR) is 91.8 cm³/mol. The van der Waals surface area contributed by atoms with Gasteiger partial charge in [-0.1, -0.05) is 30.3 Å². The van der Waals surface area contributed by atoms with Crippen molar-refractivity contribution in [2.75, 3.05) is 5.32 Å². The molecule has 25 heavy (non-hydrogen) atoms. The molecule has 8 nitrogen and oxygen atoms in total. The average molecular weight is 335 g/mol. The van der Waals surface area contributed by atoms with Crippen LogP contribution < -0.4 is 5.32 Å². The molecule has 0 fully saturated rings. The van der Waals surface area contributed by atoms with Crippen LogP contribution in [0.25, 0.3) is 11.2 Å². The van der Waals surface area contributed by atoms with Crippen molar-refractivity contribution in [2.24, 2.45) is 0 Å². The Balaban J connectivity index is 1.63. The van der Waals surface area contributed by atoms with Crippen molar-refractivity contribution >= 4 is 17.0 Å². The molecule has 0 unspecified atom stereocenters. The van der Waals surface area contributed by atoms with Gasteiger partial charge in [0.1, 0.15) is 19.0 Å². The van der Waals surface area contributed by atoms with Crippen LogP contribution in [0, 0.1) is 6.92 Å². The highest BCUT2D eigenvalue weighted by Crippen LogP contribution is 2.26. The van der Waals surface area contributed by atoms with Gasteiger partial charge in [0.25, 0.3) is 5.71 Å². The molecule has 1 aromatic carbocycles. The quantitative estimate of drug-likeness (QED) is 0.579. The molecule has 8 heteroatoms. The van der Waals surface area contributed by atoms with Gasteiger partial charge in [-0.25, -0.2) is 15.0 Å².